The molecular formula is C17H20ClNO. The van der Waals surface area contributed by atoms with Gasteiger partial charge in [0, 0.05) is 16.6 Å². The first-order valence-corrected chi connectivity index (χ1v) is 7.21. The summed E-state index contributed by atoms with van der Waals surface area (Å²) < 4.78 is 0. The van der Waals surface area contributed by atoms with E-state index in [9.17, 15) is 5.11 Å². The molecule has 2 aromatic carbocycles. The highest BCUT2D eigenvalue weighted by Crippen LogP contribution is 2.24. The van der Waals surface area contributed by atoms with Crippen LogP contribution >= 0.6 is 11.6 Å². The van der Waals surface area contributed by atoms with Crippen molar-refractivity contribution in [1.82, 2.24) is 5.32 Å². The topological polar surface area (TPSA) is 32.3 Å². The van der Waals surface area contributed by atoms with E-state index in [0.717, 1.165) is 29.1 Å². The van der Waals surface area contributed by atoms with Crippen molar-refractivity contribution in [3.05, 3.63) is 64.2 Å². The number of nitrogens with one attached hydrogen (secondary N) is 1. The quantitative estimate of drug-likeness (QED) is 0.862. The maximum Gasteiger partial charge on any atom is 0.120 e. The Hall–Kier alpha value is -1.51. The molecule has 0 amide bonds. The van der Waals surface area contributed by atoms with Gasteiger partial charge in [-0.1, -0.05) is 41.4 Å². The second-order valence-electron chi connectivity index (χ2n) is 5.11. The first kappa shape index (κ1) is 14.9. The van der Waals surface area contributed by atoms with Crippen molar-refractivity contribution >= 4 is 11.6 Å². The number of aromatic hydroxyl groups is 1. The van der Waals surface area contributed by atoms with Crippen LogP contribution in [0.5, 0.6) is 5.75 Å². The van der Waals surface area contributed by atoms with Gasteiger partial charge in [0.05, 0.1) is 0 Å². The monoisotopic (exact) mass is 289 g/mol. The van der Waals surface area contributed by atoms with Gasteiger partial charge in [-0.2, -0.15) is 0 Å². The van der Waals surface area contributed by atoms with Gasteiger partial charge in [0.1, 0.15) is 5.75 Å². The average Bonchev–Trinajstić information content (AvgIpc) is 2.43. The van der Waals surface area contributed by atoms with Crippen molar-refractivity contribution in [2.24, 2.45) is 0 Å². The zero-order chi connectivity index (χ0) is 14.5. The Morgan fingerprint density at radius 3 is 2.55 bits per heavy atom. The molecule has 0 fully saturated rings. The summed E-state index contributed by atoms with van der Waals surface area (Å²) in [6, 6.07) is 13.7. The third kappa shape index (κ3) is 3.99. The lowest BCUT2D eigenvalue weighted by atomic mass is 10.0. The molecule has 0 saturated heterocycles. The number of halogens is 1. The molecule has 106 valence electrons. The van der Waals surface area contributed by atoms with Crippen LogP contribution in [0.3, 0.4) is 0 Å². The minimum atomic E-state index is 0.127. The third-order valence-electron chi connectivity index (χ3n) is 3.43. The van der Waals surface area contributed by atoms with Crippen LogP contribution in [-0.4, -0.2) is 11.7 Å². The molecule has 0 aliphatic carbocycles. The SMILES string of the molecule is Cc1ccc(O)c(C(C)NCCc2ccc(Cl)cc2)c1. The Morgan fingerprint density at radius 1 is 1.15 bits per heavy atom. The van der Waals surface area contributed by atoms with Gasteiger partial charge < -0.3 is 10.4 Å². The van der Waals surface area contributed by atoms with Crippen LogP contribution < -0.4 is 5.32 Å². The van der Waals surface area contributed by atoms with Crippen LogP contribution in [0.2, 0.25) is 5.02 Å². The molecular weight excluding hydrogens is 270 g/mol. The van der Waals surface area contributed by atoms with Crippen molar-refractivity contribution in [3.8, 4) is 5.75 Å². The molecule has 20 heavy (non-hydrogen) atoms. The molecule has 0 aliphatic heterocycles. The Balaban J connectivity index is 1.90. The summed E-state index contributed by atoms with van der Waals surface area (Å²) in [5.74, 6) is 0.349. The third-order valence-corrected chi connectivity index (χ3v) is 3.68. The van der Waals surface area contributed by atoms with Crippen molar-refractivity contribution in [2.45, 2.75) is 26.3 Å². The predicted molar refractivity (Wildman–Crippen MR) is 84.4 cm³/mol. The minimum absolute atomic E-state index is 0.127. The number of phenolic OH excluding ortho intramolecular Hbond substituents is 1. The normalized spacial score (nSPS) is 12.3. The molecule has 0 saturated carbocycles. The van der Waals surface area contributed by atoms with Crippen LogP contribution in [0, 0.1) is 6.92 Å². The van der Waals surface area contributed by atoms with Crippen LogP contribution in [0.1, 0.15) is 29.7 Å². The van der Waals surface area contributed by atoms with E-state index in [1.54, 1.807) is 6.07 Å². The second-order valence-corrected chi connectivity index (χ2v) is 5.55. The first-order chi connectivity index (χ1) is 9.56. The summed E-state index contributed by atoms with van der Waals surface area (Å²) in [4.78, 5) is 0. The van der Waals surface area contributed by atoms with E-state index in [1.165, 1.54) is 5.56 Å². The fourth-order valence-corrected chi connectivity index (χ4v) is 2.34. The van der Waals surface area contributed by atoms with Crippen LogP contribution in [0.25, 0.3) is 0 Å². The summed E-state index contributed by atoms with van der Waals surface area (Å²) in [6.45, 7) is 4.95. The number of hydrogen-bond acceptors (Lipinski definition) is 2. The van der Waals surface area contributed by atoms with E-state index < -0.39 is 0 Å². The van der Waals surface area contributed by atoms with Crippen molar-refractivity contribution in [2.75, 3.05) is 6.54 Å². The molecule has 2 rings (SSSR count). The molecule has 2 aromatic rings. The molecule has 0 aromatic heterocycles. The molecule has 0 heterocycles. The van der Waals surface area contributed by atoms with E-state index in [0.29, 0.717) is 5.75 Å². The van der Waals surface area contributed by atoms with Crippen molar-refractivity contribution in [3.63, 3.8) is 0 Å². The number of rotatable bonds is 5. The van der Waals surface area contributed by atoms with Crippen molar-refractivity contribution < 1.29 is 5.11 Å². The number of phenols is 1. The lowest BCUT2D eigenvalue weighted by molar-refractivity contribution is 0.453. The number of hydrogen-bond donors (Lipinski definition) is 2. The maximum atomic E-state index is 9.90. The Morgan fingerprint density at radius 2 is 1.85 bits per heavy atom. The molecule has 0 aliphatic rings. The highest BCUT2D eigenvalue weighted by molar-refractivity contribution is 6.30. The smallest absolute Gasteiger partial charge is 0.120 e. The van der Waals surface area contributed by atoms with E-state index in [-0.39, 0.29) is 6.04 Å². The number of benzene rings is 2. The van der Waals surface area contributed by atoms with Gasteiger partial charge in [-0.3, -0.25) is 0 Å². The van der Waals surface area contributed by atoms with E-state index in [2.05, 4.69) is 12.2 Å². The predicted octanol–water partition coefficient (Wildman–Crippen LogP) is 4.25. The molecule has 0 bridgehead atoms. The van der Waals surface area contributed by atoms with Crippen LogP contribution in [-0.2, 0) is 6.42 Å². The Bertz CT molecular complexity index is 566. The fourth-order valence-electron chi connectivity index (χ4n) is 2.21. The van der Waals surface area contributed by atoms with E-state index in [1.807, 2.05) is 43.3 Å². The van der Waals surface area contributed by atoms with E-state index in [4.69, 9.17) is 11.6 Å². The zero-order valence-electron chi connectivity index (χ0n) is 11.9. The lowest BCUT2D eigenvalue weighted by Gasteiger charge is -2.16. The highest BCUT2D eigenvalue weighted by Gasteiger charge is 2.09. The Labute approximate surface area is 125 Å². The van der Waals surface area contributed by atoms with Crippen molar-refractivity contribution in [1.29, 1.82) is 0 Å². The molecule has 0 spiro atoms. The van der Waals surface area contributed by atoms with Gasteiger partial charge in [-0.05, 0) is 50.6 Å². The number of aryl methyl sites for hydroxylation is 1. The average molecular weight is 290 g/mol. The largest absolute Gasteiger partial charge is 0.508 e. The van der Waals surface area contributed by atoms with Gasteiger partial charge in [0.25, 0.3) is 0 Å². The first-order valence-electron chi connectivity index (χ1n) is 6.83. The minimum Gasteiger partial charge on any atom is -0.508 e. The van der Waals surface area contributed by atoms with E-state index >= 15 is 0 Å². The van der Waals surface area contributed by atoms with Gasteiger partial charge in [-0.25, -0.2) is 0 Å². The van der Waals surface area contributed by atoms with Gasteiger partial charge in [-0.15, -0.1) is 0 Å². The lowest BCUT2D eigenvalue weighted by Crippen LogP contribution is -2.21. The summed E-state index contributed by atoms with van der Waals surface area (Å²) in [7, 11) is 0. The van der Waals surface area contributed by atoms with Crippen LogP contribution in [0.4, 0.5) is 0 Å². The maximum absolute atomic E-state index is 9.90. The summed E-state index contributed by atoms with van der Waals surface area (Å²) in [6.07, 6.45) is 0.939. The molecule has 0 radical (unpaired) electrons. The molecule has 1 unspecified atom stereocenters. The standard InChI is InChI=1S/C17H20ClNO/c1-12-3-8-17(20)16(11-12)13(2)19-10-9-14-4-6-15(18)7-5-14/h3-8,11,13,19-20H,9-10H2,1-2H3. The highest BCUT2D eigenvalue weighted by atomic mass is 35.5. The second kappa shape index (κ2) is 6.78. The zero-order valence-corrected chi connectivity index (χ0v) is 12.6. The summed E-state index contributed by atoms with van der Waals surface area (Å²) >= 11 is 5.87. The summed E-state index contributed by atoms with van der Waals surface area (Å²) in [5, 5.41) is 14.1. The molecule has 1 atom stereocenters. The van der Waals surface area contributed by atoms with Crippen LogP contribution in [0.15, 0.2) is 42.5 Å². The fraction of sp³-hybridized carbons (Fsp3) is 0.294. The summed E-state index contributed by atoms with van der Waals surface area (Å²) in [5.41, 5.74) is 3.35. The van der Waals surface area contributed by atoms with Gasteiger partial charge in [0.15, 0.2) is 0 Å². The Kier molecular flexibility index (Phi) is 5.05. The van der Waals surface area contributed by atoms with Gasteiger partial charge in [0.2, 0.25) is 0 Å². The molecule has 3 heteroatoms. The molecule has 2 nitrogen and oxygen atoms in total. The molecule has 2 N–H and O–H groups in total. The van der Waals surface area contributed by atoms with Gasteiger partial charge >= 0.3 is 0 Å².